The fraction of sp³-hybridized carbons (Fsp3) is 0.250. The molecular weight excluding hydrogens is 252 g/mol. The molecular formula is C12H14N2OS2. The molecule has 2 aromatic rings. The van der Waals surface area contributed by atoms with E-state index in [1.807, 2.05) is 24.4 Å². The molecule has 0 bridgehead atoms. The van der Waals surface area contributed by atoms with Crippen molar-refractivity contribution in [2.75, 3.05) is 11.9 Å². The van der Waals surface area contributed by atoms with Gasteiger partial charge in [0.15, 0.2) is 5.13 Å². The van der Waals surface area contributed by atoms with E-state index in [1.165, 1.54) is 4.88 Å². The van der Waals surface area contributed by atoms with Gasteiger partial charge in [-0.3, -0.25) is 0 Å². The van der Waals surface area contributed by atoms with Gasteiger partial charge in [0.1, 0.15) is 5.75 Å². The minimum atomic E-state index is 0.342. The van der Waals surface area contributed by atoms with Gasteiger partial charge in [-0.25, -0.2) is 4.98 Å². The van der Waals surface area contributed by atoms with Crippen LogP contribution in [-0.2, 0) is 5.75 Å². The quantitative estimate of drug-likeness (QED) is 0.812. The molecule has 0 saturated heterocycles. The average molecular weight is 266 g/mol. The van der Waals surface area contributed by atoms with Gasteiger partial charge in [-0.05, 0) is 19.1 Å². The van der Waals surface area contributed by atoms with Gasteiger partial charge in [-0.15, -0.1) is 23.1 Å². The number of nitrogens with zero attached hydrogens (tertiary/aromatic N) is 1. The van der Waals surface area contributed by atoms with Crippen LogP contribution >= 0.6 is 23.1 Å². The maximum Gasteiger partial charge on any atom is 0.182 e. The molecule has 17 heavy (non-hydrogen) atoms. The summed E-state index contributed by atoms with van der Waals surface area (Å²) >= 11 is 3.28. The number of aromatic hydroxyl groups is 1. The largest absolute Gasteiger partial charge is 0.507 e. The fourth-order valence-electron chi connectivity index (χ4n) is 1.34. The number of rotatable bonds is 5. The predicted molar refractivity (Wildman–Crippen MR) is 73.9 cm³/mol. The summed E-state index contributed by atoms with van der Waals surface area (Å²) in [6.45, 7) is 2.94. The summed E-state index contributed by atoms with van der Waals surface area (Å²) in [6, 6.07) is 7.39. The lowest BCUT2D eigenvalue weighted by molar-refractivity contribution is 0.462. The second-order valence-corrected chi connectivity index (χ2v) is 5.55. The number of hydrogen-bond donors (Lipinski definition) is 2. The van der Waals surface area contributed by atoms with Gasteiger partial charge in [0.05, 0.1) is 0 Å². The number of thioether (sulfide) groups is 1. The zero-order valence-electron chi connectivity index (χ0n) is 9.51. The number of nitrogens with one attached hydrogen (secondary N) is 1. The molecule has 0 aliphatic rings. The minimum Gasteiger partial charge on any atom is -0.507 e. The predicted octanol–water partition coefficient (Wildman–Crippen LogP) is 3.57. The fourth-order valence-corrected chi connectivity index (χ4v) is 3.19. The van der Waals surface area contributed by atoms with Crippen LogP contribution in [0.4, 0.5) is 5.13 Å². The molecule has 2 N–H and O–H groups in total. The van der Waals surface area contributed by atoms with Crippen molar-refractivity contribution in [1.29, 1.82) is 0 Å². The van der Waals surface area contributed by atoms with Crippen molar-refractivity contribution in [3.05, 3.63) is 35.3 Å². The Kier molecular flexibility index (Phi) is 4.28. The van der Waals surface area contributed by atoms with Gasteiger partial charge in [0, 0.05) is 28.3 Å². The summed E-state index contributed by atoms with van der Waals surface area (Å²) in [4.78, 5) is 6.38. The molecule has 0 aliphatic heterocycles. The first-order chi connectivity index (χ1) is 8.29. The highest BCUT2D eigenvalue weighted by molar-refractivity contribution is 7.98. The molecule has 0 unspecified atom stereocenters. The summed E-state index contributed by atoms with van der Waals surface area (Å²) in [5, 5.41) is 13.8. The topological polar surface area (TPSA) is 45.2 Å². The van der Waals surface area contributed by atoms with Crippen LogP contribution in [0.15, 0.2) is 35.4 Å². The van der Waals surface area contributed by atoms with Gasteiger partial charge < -0.3 is 10.4 Å². The second kappa shape index (κ2) is 5.93. The Bertz CT molecular complexity index is 485. The van der Waals surface area contributed by atoms with E-state index in [2.05, 4.69) is 17.2 Å². The van der Waals surface area contributed by atoms with Crippen LogP contribution in [0.1, 0.15) is 11.8 Å². The Morgan fingerprint density at radius 1 is 1.41 bits per heavy atom. The molecule has 0 fully saturated rings. The molecule has 2 rings (SSSR count). The smallest absolute Gasteiger partial charge is 0.182 e. The molecule has 0 spiro atoms. The lowest BCUT2D eigenvalue weighted by Crippen LogP contribution is -1.94. The number of phenolic OH excluding ortho intramolecular Hbond substituents is 1. The molecule has 0 amide bonds. The van der Waals surface area contributed by atoms with Crippen LogP contribution in [0, 0.1) is 0 Å². The molecule has 0 radical (unpaired) electrons. The molecule has 1 heterocycles. The van der Waals surface area contributed by atoms with E-state index >= 15 is 0 Å². The van der Waals surface area contributed by atoms with Gasteiger partial charge in [-0.1, -0.05) is 12.1 Å². The Morgan fingerprint density at radius 3 is 3.00 bits per heavy atom. The molecule has 3 nitrogen and oxygen atoms in total. The van der Waals surface area contributed by atoms with Crippen molar-refractivity contribution >= 4 is 28.2 Å². The standard InChI is InChI=1S/C12H14N2OS2/c1-2-13-12-14-7-9(17-12)8-16-11-6-4-3-5-10(11)15/h3-7,15H,2,8H2,1H3,(H,13,14). The van der Waals surface area contributed by atoms with E-state index < -0.39 is 0 Å². The van der Waals surface area contributed by atoms with Gasteiger partial charge >= 0.3 is 0 Å². The third kappa shape index (κ3) is 3.38. The van der Waals surface area contributed by atoms with E-state index in [9.17, 15) is 5.11 Å². The normalized spacial score (nSPS) is 10.4. The van der Waals surface area contributed by atoms with Crippen LogP contribution in [0.5, 0.6) is 5.75 Å². The molecule has 0 aliphatic carbocycles. The maximum absolute atomic E-state index is 9.63. The maximum atomic E-state index is 9.63. The number of benzene rings is 1. The van der Waals surface area contributed by atoms with Gasteiger partial charge in [0.25, 0.3) is 0 Å². The second-order valence-electron chi connectivity index (χ2n) is 3.42. The zero-order valence-corrected chi connectivity index (χ0v) is 11.1. The average Bonchev–Trinajstić information content (AvgIpc) is 2.76. The number of anilines is 1. The lowest BCUT2D eigenvalue weighted by Gasteiger charge is -2.01. The van der Waals surface area contributed by atoms with Crippen LogP contribution in [0.2, 0.25) is 0 Å². The molecule has 1 aromatic carbocycles. The monoisotopic (exact) mass is 266 g/mol. The number of aromatic nitrogens is 1. The Morgan fingerprint density at radius 2 is 2.24 bits per heavy atom. The highest BCUT2D eigenvalue weighted by Crippen LogP contribution is 2.32. The van der Waals surface area contributed by atoms with E-state index in [-0.39, 0.29) is 0 Å². The highest BCUT2D eigenvalue weighted by atomic mass is 32.2. The van der Waals surface area contributed by atoms with Crippen molar-refractivity contribution in [2.24, 2.45) is 0 Å². The van der Waals surface area contributed by atoms with Gasteiger partial charge in [-0.2, -0.15) is 0 Å². The Balaban J connectivity index is 1.95. The number of para-hydroxylation sites is 1. The summed E-state index contributed by atoms with van der Waals surface area (Å²) < 4.78 is 0. The molecule has 0 saturated carbocycles. The van der Waals surface area contributed by atoms with Crippen LogP contribution in [0.25, 0.3) is 0 Å². The lowest BCUT2D eigenvalue weighted by atomic mass is 10.3. The SMILES string of the molecule is CCNc1ncc(CSc2ccccc2O)s1. The molecule has 90 valence electrons. The van der Waals surface area contributed by atoms with Crippen molar-refractivity contribution in [3.8, 4) is 5.75 Å². The van der Waals surface area contributed by atoms with Crippen molar-refractivity contribution in [2.45, 2.75) is 17.6 Å². The van der Waals surface area contributed by atoms with E-state index in [0.29, 0.717) is 5.75 Å². The van der Waals surface area contributed by atoms with Crippen LogP contribution in [0.3, 0.4) is 0 Å². The number of thiazole rings is 1. The number of hydrogen-bond acceptors (Lipinski definition) is 5. The third-order valence-electron chi connectivity index (χ3n) is 2.12. The van der Waals surface area contributed by atoms with E-state index in [1.54, 1.807) is 29.2 Å². The van der Waals surface area contributed by atoms with E-state index in [4.69, 9.17) is 0 Å². The van der Waals surface area contributed by atoms with E-state index in [0.717, 1.165) is 22.3 Å². The summed E-state index contributed by atoms with van der Waals surface area (Å²) in [5.74, 6) is 1.18. The summed E-state index contributed by atoms with van der Waals surface area (Å²) in [7, 11) is 0. The van der Waals surface area contributed by atoms with Crippen molar-refractivity contribution in [3.63, 3.8) is 0 Å². The van der Waals surface area contributed by atoms with Crippen molar-refractivity contribution in [1.82, 2.24) is 4.98 Å². The Labute approximate surface area is 109 Å². The molecule has 1 aromatic heterocycles. The first kappa shape index (κ1) is 12.3. The third-order valence-corrected chi connectivity index (χ3v) is 4.37. The van der Waals surface area contributed by atoms with Crippen LogP contribution < -0.4 is 5.32 Å². The first-order valence-corrected chi connectivity index (χ1v) is 7.19. The molecule has 0 atom stereocenters. The first-order valence-electron chi connectivity index (χ1n) is 5.39. The summed E-state index contributed by atoms with van der Waals surface area (Å²) in [6.07, 6.45) is 1.88. The van der Waals surface area contributed by atoms with Crippen LogP contribution in [-0.4, -0.2) is 16.6 Å². The van der Waals surface area contributed by atoms with Crippen molar-refractivity contribution < 1.29 is 5.11 Å². The Hall–Kier alpha value is -1.20. The summed E-state index contributed by atoms with van der Waals surface area (Å²) in [5.41, 5.74) is 0. The molecule has 5 heteroatoms. The highest BCUT2D eigenvalue weighted by Gasteiger charge is 2.04. The minimum absolute atomic E-state index is 0.342. The number of phenols is 1. The zero-order chi connectivity index (χ0) is 12.1. The van der Waals surface area contributed by atoms with Gasteiger partial charge in [0.2, 0.25) is 0 Å².